The summed E-state index contributed by atoms with van der Waals surface area (Å²) in [7, 11) is -1.77. The lowest BCUT2D eigenvalue weighted by molar-refractivity contribution is 0.136. The minimum atomic E-state index is -3.54. The molecule has 2 aromatic heterocycles. The molecule has 0 spiro atoms. The lowest BCUT2D eigenvalue weighted by Crippen LogP contribution is -2.41. The number of sulfonamides is 1. The number of imidazole rings is 1. The fourth-order valence-corrected chi connectivity index (χ4v) is 6.22. The summed E-state index contributed by atoms with van der Waals surface area (Å²) in [6.45, 7) is 0.894. The van der Waals surface area contributed by atoms with Gasteiger partial charge in [0.25, 0.3) is 10.0 Å². The normalized spacial score (nSPS) is 19.6. The van der Waals surface area contributed by atoms with E-state index in [1.165, 1.54) is 41.8 Å². The zero-order valence-electron chi connectivity index (χ0n) is 17.3. The predicted octanol–water partition coefficient (Wildman–Crippen LogP) is 3.72. The van der Waals surface area contributed by atoms with Crippen molar-refractivity contribution in [1.29, 1.82) is 0 Å². The number of ether oxygens (including phenoxy) is 1. The monoisotopic (exact) mass is 428 g/mol. The van der Waals surface area contributed by atoms with Gasteiger partial charge < -0.3 is 13.9 Å². The summed E-state index contributed by atoms with van der Waals surface area (Å²) in [5, 5.41) is 1.26. The molecule has 0 amide bonds. The highest BCUT2D eigenvalue weighted by Gasteiger charge is 2.32. The SMILES string of the molecule is Cn1cnc(S(=O)(=O)N2CCC(Oc3cccc4c3ccn4C3CCCC3)CC2)c1. The number of aromatic nitrogens is 3. The highest BCUT2D eigenvalue weighted by Crippen LogP contribution is 2.36. The third-order valence-electron chi connectivity index (χ3n) is 6.42. The molecule has 1 saturated carbocycles. The quantitative estimate of drug-likeness (QED) is 0.621. The van der Waals surface area contributed by atoms with E-state index in [9.17, 15) is 8.42 Å². The average molecular weight is 429 g/mol. The molecule has 0 atom stereocenters. The van der Waals surface area contributed by atoms with Crippen molar-refractivity contribution in [3.8, 4) is 5.75 Å². The summed E-state index contributed by atoms with van der Waals surface area (Å²) in [6.07, 6.45) is 11.7. The molecule has 3 heterocycles. The molecule has 0 unspecified atom stereocenters. The molecule has 30 heavy (non-hydrogen) atoms. The van der Waals surface area contributed by atoms with Crippen LogP contribution in [0.5, 0.6) is 5.75 Å². The van der Waals surface area contributed by atoms with Gasteiger partial charge in [0.15, 0.2) is 5.03 Å². The maximum absolute atomic E-state index is 12.8. The number of fused-ring (bicyclic) bond motifs is 1. The zero-order valence-corrected chi connectivity index (χ0v) is 18.1. The maximum Gasteiger partial charge on any atom is 0.262 e. The van der Waals surface area contributed by atoms with Gasteiger partial charge in [0, 0.05) is 44.0 Å². The highest BCUT2D eigenvalue weighted by molar-refractivity contribution is 7.89. The Morgan fingerprint density at radius 3 is 2.53 bits per heavy atom. The third-order valence-corrected chi connectivity index (χ3v) is 8.21. The molecule has 1 aliphatic heterocycles. The first-order valence-electron chi connectivity index (χ1n) is 10.8. The molecule has 0 bridgehead atoms. The lowest BCUT2D eigenvalue weighted by atomic mass is 10.1. The Kier molecular flexibility index (Phi) is 5.06. The van der Waals surface area contributed by atoms with Crippen LogP contribution < -0.4 is 4.74 Å². The number of hydrogen-bond acceptors (Lipinski definition) is 4. The largest absolute Gasteiger partial charge is 0.490 e. The summed E-state index contributed by atoms with van der Waals surface area (Å²) >= 11 is 0. The van der Waals surface area contributed by atoms with Crippen LogP contribution in [0.15, 0.2) is 48.0 Å². The predicted molar refractivity (Wildman–Crippen MR) is 115 cm³/mol. The number of nitrogens with zero attached hydrogens (tertiary/aromatic N) is 4. The number of rotatable bonds is 5. The van der Waals surface area contributed by atoms with Crippen LogP contribution in [0.25, 0.3) is 10.9 Å². The van der Waals surface area contributed by atoms with E-state index in [1.807, 2.05) is 6.07 Å². The van der Waals surface area contributed by atoms with Gasteiger partial charge in [0.1, 0.15) is 11.9 Å². The van der Waals surface area contributed by atoms with Crippen molar-refractivity contribution in [2.45, 2.75) is 55.7 Å². The molecule has 7 nitrogen and oxygen atoms in total. The Morgan fingerprint density at radius 1 is 1.07 bits per heavy atom. The van der Waals surface area contributed by atoms with Gasteiger partial charge in [-0.2, -0.15) is 4.31 Å². The van der Waals surface area contributed by atoms with Crippen molar-refractivity contribution < 1.29 is 13.2 Å². The van der Waals surface area contributed by atoms with Crippen LogP contribution >= 0.6 is 0 Å². The summed E-state index contributed by atoms with van der Waals surface area (Å²) in [6, 6.07) is 9.01. The van der Waals surface area contributed by atoms with Crippen LogP contribution in [0.1, 0.15) is 44.6 Å². The summed E-state index contributed by atoms with van der Waals surface area (Å²) in [5.41, 5.74) is 1.23. The van der Waals surface area contributed by atoms with Crippen LogP contribution in [-0.4, -0.2) is 46.0 Å². The van der Waals surface area contributed by atoms with Crippen LogP contribution in [0, 0.1) is 0 Å². The topological polar surface area (TPSA) is 69.4 Å². The van der Waals surface area contributed by atoms with Crippen LogP contribution in [0.4, 0.5) is 0 Å². The minimum Gasteiger partial charge on any atom is -0.490 e. The Bertz CT molecular complexity index is 1140. The third kappa shape index (κ3) is 3.52. The number of piperidine rings is 1. The van der Waals surface area contributed by atoms with Crippen LogP contribution in [0.3, 0.4) is 0 Å². The first-order valence-corrected chi connectivity index (χ1v) is 12.2. The van der Waals surface area contributed by atoms with Crippen LogP contribution in [0.2, 0.25) is 0 Å². The van der Waals surface area contributed by atoms with Crippen molar-refractivity contribution in [2.75, 3.05) is 13.1 Å². The van der Waals surface area contributed by atoms with Crippen molar-refractivity contribution in [1.82, 2.24) is 18.4 Å². The van der Waals surface area contributed by atoms with Crippen molar-refractivity contribution in [2.24, 2.45) is 7.05 Å². The fourth-order valence-electron chi connectivity index (χ4n) is 4.79. The molecule has 1 aromatic carbocycles. The molecule has 3 aromatic rings. The standard InChI is InChI=1S/C22H28N4O3S/c1-24-15-22(23-16-24)30(27,28)25-12-9-18(10-13-25)29-21-8-4-7-20-19(21)11-14-26(20)17-5-2-3-6-17/h4,7-8,11,14-18H,2-3,5-6,9-10,12-13H2,1H3. The second kappa shape index (κ2) is 7.74. The van der Waals surface area contributed by atoms with E-state index in [0.29, 0.717) is 32.0 Å². The Hall–Kier alpha value is -2.32. The van der Waals surface area contributed by atoms with E-state index in [4.69, 9.17) is 4.74 Å². The molecule has 1 aliphatic carbocycles. The Labute approximate surface area is 177 Å². The van der Waals surface area contributed by atoms with Gasteiger partial charge >= 0.3 is 0 Å². The fraction of sp³-hybridized carbons (Fsp3) is 0.500. The Morgan fingerprint density at radius 2 is 1.83 bits per heavy atom. The molecule has 8 heteroatoms. The van der Waals surface area contributed by atoms with Crippen molar-refractivity contribution in [3.05, 3.63) is 43.0 Å². The van der Waals surface area contributed by atoms with E-state index in [-0.39, 0.29) is 11.1 Å². The molecule has 0 N–H and O–H groups in total. The molecule has 1 saturated heterocycles. The van der Waals surface area contributed by atoms with E-state index in [2.05, 4.69) is 33.9 Å². The summed E-state index contributed by atoms with van der Waals surface area (Å²) in [5.74, 6) is 0.898. The van der Waals surface area contributed by atoms with E-state index < -0.39 is 10.0 Å². The second-order valence-electron chi connectivity index (χ2n) is 8.45. The maximum atomic E-state index is 12.8. The lowest BCUT2D eigenvalue weighted by Gasteiger charge is -2.31. The average Bonchev–Trinajstić information content (AvgIpc) is 3.49. The van der Waals surface area contributed by atoms with Crippen molar-refractivity contribution in [3.63, 3.8) is 0 Å². The first kappa shape index (κ1) is 19.6. The molecule has 2 aliphatic rings. The van der Waals surface area contributed by atoms with Gasteiger partial charge in [-0.25, -0.2) is 13.4 Å². The summed E-state index contributed by atoms with van der Waals surface area (Å²) in [4.78, 5) is 4.02. The van der Waals surface area contributed by atoms with Crippen LogP contribution in [-0.2, 0) is 17.1 Å². The van der Waals surface area contributed by atoms with Crippen molar-refractivity contribution >= 4 is 20.9 Å². The van der Waals surface area contributed by atoms with Gasteiger partial charge in [-0.15, -0.1) is 0 Å². The van der Waals surface area contributed by atoms with E-state index >= 15 is 0 Å². The number of hydrogen-bond donors (Lipinski definition) is 0. The van der Waals surface area contributed by atoms with Gasteiger partial charge in [-0.1, -0.05) is 18.9 Å². The van der Waals surface area contributed by atoms with Gasteiger partial charge in [0.05, 0.1) is 11.8 Å². The van der Waals surface area contributed by atoms with Gasteiger partial charge in [-0.3, -0.25) is 0 Å². The number of benzene rings is 1. The number of aryl methyl sites for hydroxylation is 1. The zero-order chi connectivity index (χ0) is 20.7. The minimum absolute atomic E-state index is 0.0145. The highest BCUT2D eigenvalue weighted by atomic mass is 32.2. The van der Waals surface area contributed by atoms with E-state index in [1.54, 1.807) is 17.8 Å². The molecular formula is C22H28N4O3S. The smallest absolute Gasteiger partial charge is 0.262 e. The molecular weight excluding hydrogens is 400 g/mol. The first-order chi connectivity index (χ1) is 14.5. The molecule has 160 valence electrons. The van der Waals surface area contributed by atoms with Gasteiger partial charge in [-0.05, 0) is 43.9 Å². The van der Waals surface area contributed by atoms with E-state index in [0.717, 1.165) is 11.1 Å². The summed E-state index contributed by atoms with van der Waals surface area (Å²) < 4.78 is 37.5. The molecule has 2 fully saturated rings. The molecule has 0 radical (unpaired) electrons. The van der Waals surface area contributed by atoms with Gasteiger partial charge in [0.2, 0.25) is 0 Å². The Balaban J connectivity index is 1.28. The second-order valence-corrected chi connectivity index (χ2v) is 10.3. The molecule has 5 rings (SSSR count).